The molecule has 2 fully saturated rings. The van der Waals surface area contributed by atoms with Gasteiger partial charge in [-0.15, -0.1) is 0 Å². The molecule has 1 N–H and O–H groups in total. The fraction of sp³-hybridized carbons (Fsp3) is 0.867. The first kappa shape index (κ1) is 15.1. The molecule has 0 aromatic rings. The number of carbonyl (C=O) groups excluding carboxylic acids is 1. The van der Waals surface area contributed by atoms with Gasteiger partial charge < -0.3 is 14.9 Å². The zero-order valence-corrected chi connectivity index (χ0v) is 12.7. The van der Waals surface area contributed by atoms with Gasteiger partial charge >= 0.3 is 12.0 Å². The van der Waals surface area contributed by atoms with Crippen LogP contribution in [0.5, 0.6) is 0 Å². The van der Waals surface area contributed by atoms with Crippen LogP contribution in [0.25, 0.3) is 0 Å². The van der Waals surface area contributed by atoms with Crippen molar-refractivity contribution in [3.05, 3.63) is 0 Å². The zero-order chi connectivity index (χ0) is 14.9. The van der Waals surface area contributed by atoms with Crippen LogP contribution in [0.3, 0.4) is 0 Å². The van der Waals surface area contributed by atoms with Crippen molar-refractivity contribution in [3.8, 4) is 0 Å². The van der Waals surface area contributed by atoms with E-state index in [1.54, 1.807) is 4.90 Å². The van der Waals surface area contributed by atoms with Gasteiger partial charge in [-0.2, -0.15) is 0 Å². The Morgan fingerprint density at radius 2 is 1.70 bits per heavy atom. The number of amides is 2. The number of aliphatic carboxylic acids is 1. The molecule has 0 bridgehead atoms. The third kappa shape index (κ3) is 3.07. The van der Waals surface area contributed by atoms with E-state index in [1.165, 1.54) is 12.8 Å². The van der Waals surface area contributed by atoms with Crippen LogP contribution < -0.4 is 0 Å². The molecule has 5 heteroatoms. The minimum absolute atomic E-state index is 0.000142. The highest BCUT2D eigenvalue weighted by Gasteiger charge is 2.39. The molecule has 2 rings (SSSR count). The van der Waals surface area contributed by atoms with Crippen LogP contribution in [0.4, 0.5) is 4.79 Å². The SMILES string of the molecule is CC1CCC(N(C)C(=O)N2C[C@@H](C)[C@H](C(=O)O)C2)CC1. The first-order chi connectivity index (χ1) is 9.40. The summed E-state index contributed by atoms with van der Waals surface area (Å²) in [6, 6.07) is 0.318. The number of rotatable bonds is 2. The minimum Gasteiger partial charge on any atom is -0.481 e. The van der Waals surface area contributed by atoms with Crippen LogP contribution in [0, 0.1) is 17.8 Å². The fourth-order valence-corrected chi connectivity index (χ4v) is 3.45. The number of urea groups is 1. The van der Waals surface area contributed by atoms with E-state index >= 15 is 0 Å². The smallest absolute Gasteiger partial charge is 0.320 e. The summed E-state index contributed by atoms with van der Waals surface area (Å²) in [5.41, 5.74) is 0. The summed E-state index contributed by atoms with van der Waals surface area (Å²) in [5.74, 6) is -0.408. The normalized spacial score (nSPS) is 34.0. The maximum absolute atomic E-state index is 12.5. The molecule has 0 unspecified atom stereocenters. The van der Waals surface area contributed by atoms with E-state index in [1.807, 2.05) is 18.9 Å². The molecular weight excluding hydrogens is 256 g/mol. The molecule has 1 saturated carbocycles. The van der Waals surface area contributed by atoms with Gasteiger partial charge in [0, 0.05) is 26.2 Å². The van der Waals surface area contributed by atoms with Gasteiger partial charge in [-0.1, -0.05) is 13.8 Å². The Balaban J connectivity index is 1.93. The Hall–Kier alpha value is -1.26. The number of nitrogens with zero attached hydrogens (tertiary/aromatic N) is 2. The van der Waals surface area contributed by atoms with Gasteiger partial charge in [0.1, 0.15) is 0 Å². The van der Waals surface area contributed by atoms with Crippen molar-refractivity contribution in [1.82, 2.24) is 9.80 Å². The van der Waals surface area contributed by atoms with Crippen LogP contribution in [-0.4, -0.2) is 53.1 Å². The molecule has 1 heterocycles. The van der Waals surface area contributed by atoms with Gasteiger partial charge in [0.2, 0.25) is 0 Å². The number of carboxylic acids is 1. The third-order valence-corrected chi connectivity index (χ3v) is 5.03. The van der Waals surface area contributed by atoms with Crippen molar-refractivity contribution >= 4 is 12.0 Å². The molecule has 0 aromatic heterocycles. The van der Waals surface area contributed by atoms with E-state index in [0.29, 0.717) is 19.1 Å². The molecule has 5 nitrogen and oxygen atoms in total. The van der Waals surface area contributed by atoms with Crippen LogP contribution in [-0.2, 0) is 4.79 Å². The van der Waals surface area contributed by atoms with E-state index in [-0.39, 0.29) is 11.9 Å². The predicted molar refractivity (Wildman–Crippen MR) is 76.4 cm³/mol. The minimum atomic E-state index is -0.790. The number of carboxylic acid groups (broad SMARTS) is 1. The van der Waals surface area contributed by atoms with E-state index < -0.39 is 11.9 Å². The molecule has 0 radical (unpaired) electrons. The monoisotopic (exact) mass is 282 g/mol. The van der Waals surface area contributed by atoms with Crippen molar-refractivity contribution in [1.29, 1.82) is 0 Å². The van der Waals surface area contributed by atoms with Gasteiger partial charge in [-0.3, -0.25) is 4.79 Å². The van der Waals surface area contributed by atoms with E-state index in [0.717, 1.165) is 18.8 Å². The third-order valence-electron chi connectivity index (χ3n) is 5.03. The molecule has 1 saturated heterocycles. The number of carbonyl (C=O) groups is 2. The second kappa shape index (κ2) is 6.02. The molecular formula is C15H26N2O3. The van der Waals surface area contributed by atoms with Crippen molar-refractivity contribution < 1.29 is 14.7 Å². The largest absolute Gasteiger partial charge is 0.481 e. The first-order valence-corrected chi connectivity index (χ1v) is 7.64. The van der Waals surface area contributed by atoms with Gasteiger partial charge in [0.15, 0.2) is 0 Å². The Bertz CT molecular complexity index is 377. The van der Waals surface area contributed by atoms with E-state index in [9.17, 15) is 9.59 Å². The predicted octanol–water partition coefficient (Wildman–Crippen LogP) is 2.27. The van der Waals surface area contributed by atoms with Crippen molar-refractivity contribution in [2.75, 3.05) is 20.1 Å². The summed E-state index contributed by atoms with van der Waals surface area (Å²) in [5, 5.41) is 9.15. The number of hydrogen-bond acceptors (Lipinski definition) is 2. The maximum Gasteiger partial charge on any atom is 0.320 e. The van der Waals surface area contributed by atoms with E-state index in [4.69, 9.17) is 5.11 Å². The molecule has 2 aliphatic rings. The number of likely N-dealkylation sites (tertiary alicyclic amines) is 1. The highest BCUT2D eigenvalue weighted by molar-refractivity contribution is 5.77. The standard InChI is InChI=1S/C15H26N2O3/c1-10-4-6-12(7-5-10)16(3)15(20)17-8-11(2)13(9-17)14(18)19/h10-13H,4-9H2,1-3H3,(H,18,19)/t10?,11-,12?,13-/m1/s1. The molecule has 0 spiro atoms. The Labute approximate surface area is 120 Å². The zero-order valence-electron chi connectivity index (χ0n) is 12.7. The highest BCUT2D eigenvalue weighted by Crippen LogP contribution is 2.29. The van der Waals surface area contributed by atoms with Crippen molar-refractivity contribution in [2.45, 2.75) is 45.6 Å². The summed E-state index contributed by atoms with van der Waals surface area (Å²) in [6.07, 6.45) is 4.48. The Morgan fingerprint density at radius 1 is 1.10 bits per heavy atom. The van der Waals surface area contributed by atoms with Crippen LogP contribution >= 0.6 is 0 Å². The van der Waals surface area contributed by atoms with Gasteiger partial charge in [-0.05, 0) is 37.5 Å². The molecule has 20 heavy (non-hydrogen) atoms. The van der Waals surface area contributed by atoms with Crippen molar-refractivity contribution in [3.63, 3.8) is 0 Å². The molecule has 0 aromatic carbocycles. The van der Waals surface area contributed by atoms with Gasteiger partial charge in [-0.25, -0.2) is 4.79 Å². The van der Waals surface area contributed by atoms with Crippen molar-refractivity contribution in [2.24, 2.45) is 17.8 Å². The second-order valence-corrected chi connectivity index (χ2v) is 6.63. The molecule has 2 amide bonds. The second-order valence-electron chi connectivity index (χ2n) is 6.63. The molecule has 1 aliphatic heterocycles. The van der Waals surface area contributed by atoms with Gasteiger partial charge in [0.25, 0.3) is 0 Å². The summed E-state index contributed by atoms with van der Waals surface area (Å²) in [4.78, 5) is 27.2. The first-order valence-electron chi connectivity index (χ1n) is 7.64. The maximum atomic E-state index is 12.5. The summed E-state index contributed by atoms with van der Waals surface area (Å²) in [7, 11) is 1.86. The average Bonchev–Trinajstić information content (AvgIpc) is 2.80. The Kier molecular flexibility index (Phi) is 4.55. The lowest BCUT2D eigenvalue weighted by molar-refractivity contribution is -0.142. The summed E-state index contributed by atoms with van der Waals surface area (Å²) >= 11 is 0. The molecule has 1 aliphatic carbocycles. The van der Waals surface area contributed by atoms with Crippen LogP contribution in [0.2, 0.25) is 0 Å². The molecule has 2 atom stereocenters. The quantitative estimate of drug-likeness (QED) is 0.845. The summed E-state index contributed by atoms with van der Waals surface area (Å²) < 4.78 is 0. The topological polar surface area (TPSA) is 60.9 Å². The lowest BCUT2D eigenvalue weighted by Gasteiger charge is -2.35. The highest BCUT2D eigenvalue weighted by atomic mass is 16.4. The van der Waals surface area contributed by atoms with Gasteiger partial charge in [0.05, 0.1) is 5.92 Å². The van der Waals surface area contributed by atoms with Crippen LogP contribution in [0.1, 0.15) is 39.5 Å². The fourth-order valence-electron chi connectivity index (χ4n) is 3.45. The van der Waals surface area contributed by atoms with E-state index in [2.05, 4.69) is 6.92 Å². The van der Waals surface area contributed by atoms with Crippen LogP contribution in [0.15, 0.2) is 0 Å². The molecule has 114 valence electrons. The Morgan fingerprint density at radius 3 is 2.20 bits per heavy atom. The lowest BCUT2D eigenvalue weighted by atomic mass is 9.87. The average molecular weight is 282 g/mol. The number of hydrogen-bond donors (Lipinski definition) is 1. The lowest BCUT2D eigenvalue weighted by Crippen LogP contribution is -2.46. The summed E-state index contributed by atoms with van der Waals surface area (Å²) in [6.45, 7) is 5.08.